The van der Waals surface area contributed by atoms with E-state index in [2.05, 4.69) is 19.2 Å². The minimum Gasteiger partial charge on any atom is -0.391 e. The summed E-state index contributed by atoms with van der Waals surface area (Å²) in [5.74, 6) is -0.888. The van der Waals surface area contributed by atoms with Crippen LogP contribution in [-0.2, 0) is 14.9 Å². The van der Waals surface area contributed by atoms with Crippen LogP contribution in [0.1, 0.15) is 206 Å². The van der Waals surface area contributed by atoms with Crippen molar-refractivity contribution in [1.82, 2.24) is 5.32 Å². The van der Waals surface area contributed by atoms with Gasteiger partial charge in [-0.05, 0) is 12.8 Å². The Kier molecular flexibility index (Phi) is 30.8. The molecule has 2 unspecified atom stereocenters. The van der Waals surface area contributed by atoms with Crippen LogP contribution in [0.2, 0.25) is 0 Å². The highest BCUT2D eigenvalue weighted by Gasteiger charge is 2.26. The first-order valence-electron chi connectivity index (χ1n) is 18.7. The van der Waals surface area contributed by atoms with Crippen molar-refractivity contribution in [3.05, 3.63) is 0 Å². The Morgan fingerprint density at radius 3 is 1.16 bits per heavy atom. The van der Waals surface area contributed by atoms with Crippen LogP contribution in [0.3, 0.4) is 0 Å². The van der Waals surface area contributed by atoms with Crippen molar-refractivity contribution in [3.8, 4) is 0 Å². The SMILES string of the molecule is CCCCCCCCCCCCCCCCCCCCCCCC(=O)NC(CS(=O)(=O)O)C(O)CCCCCCCCC. The Morgan fingerprint density at radius 2 is 0.837 bits per heavy atom. The zero-order valence-electron chi connectivity index (χ0n) is 28.6. The monoisotopic (exact) mass is 632 g/mol. The van der Waals surface area contributed by atoms with E-state index in [4.69, 9.17) is 0 Å². The van der Waals surface area contributed by atoms with E-state index in [1.54, 1.807) is 0 Å². The summed E-state index contributed by atoms with van der Waals surface area (Å²) in [6.45, 7) is 4.46. The van der Waals surface area contributed by atoms with E-state index in [-0.39, 0.29) is 5.91 Å². The van der Waals surface area contributed by atoms with Crippen LogP contribution >= 0.6 is 0 Å². The first-order valence-corrected chi connectivity index (χ1v) is 20.3. The number of hydrogen-bond donors (Lipinski definition) is 3. The normalized spacial score (nSPS) is 13.3. The van der Waals surface area contributed by atoms with Crippen molar-refractivity contribution >= 4 is 16.0 Å². The largest absolute Gasteiger partial charge is 0.391 e. The molecule has 0 rings (SSSR count). The van der Waals surface area contributed by atoms with Crippen LogP contribution < -0.4 is 5.32 Å². The lowest BCUT2D eigenvalue weighted by molar-refractivity contribution is -0.122. The second-order valence-corrected chi connectivity index (χ2v) is 14.7. The average Bonchev–Trinajstić information content (AvgIpc) is 2.96. The lowest BCUT2D eigenvalue weighted by Gasteiger charge is -2.23. The van der Waals surface area contributed by atoms with E-state index in [1.807, 2.05) is 0 Å². The molecular formula is C36H73NO5S. The van der Waals surface area contributed by atoms with E-state index in [1.165, 1.54) is 141 Å². The first-order chi connectivity index (χ1) is 20.8. The molecule has 0 spiro atoms. The lowest BCUT2D eigenvalue weighted by atomic mass is 10.0. The van der Waals surface area contributed by atoms with Gasteiger partial charge in [0.2, 0.25) is 5.91 Å². The molecule has 1 amide bonds. The van der Waals surface area contributed by atoms with Gasteiger partial charge in [-0.2, -0.15) is 8.42 Å². The summed E-state index contributed by atoms with van der Waals surface area (Å²) in [5, 5.41) is 13.2. The molecule has 0 aliphatic rings. The highest BCUT2D eigenvalue weighted by atomic mass is 32.2. The predicted molar refractivity (Wildman–Crippen MR) is 184 cm³/mol. The molecule has 0 fully saturated rings. The van der Waals surface area contributed by atoms with Gasteiger partial charge in [-0.25, -0.2) is 0 Å². The maximum absolute atomic E-state index is 12.4. The van der Waals surface area contributed by atoms with E-state index in [9.17, 15) is 22.9 Å². The summed E-state index contributed by atoms with van der Waals surface area (Å²) in [7, 11) is -4.29. The van der Waals surface area contributed by atoms with Gasteiger partial charge in [0, 0.05) is 6.42 Å². The highest BCUT2D eigenvalue weighted by Crippen LogP contribution is 2.16. The molecule has 0 aliphatic heterocycles. The van der Waals surface area contributed by atoms with Gasteiger partial charge in [0.05, 0.1) is 17.9 Å². The summed E-state index contributed by atoms with van der Waals surface area (Å²) in [6, 6.07) is -0.961. The van der Waals surface area contributed by atoms with E-state index in [0.29, 0.717) is 12.8 Å². The van der Waals surface area contributed by atoms with Crippen LogP contribution in [0.4, 0.5) is 0 Å². The molecule has 0 saturated carbocycles. The summed E-state index contributed by atoms with van der Waals surface area (Å²) in [5.41, 5.74) is 0. The third-order valence-electron chi connectivity index (χ3n) is 8.81. The summed E-state index contributed by atoms with van der Waals surface area (Å²) in [6.07, 6.45) is 35.1. The second kappa shape index (κ2) is 31.3. The number of nitrogens with one attached hydrogen (secondary N) is 1. The Balaban J connectivity index is 3.70. The van der Waals surface area contributed by atoms with Crippen molar-refractivity contribution in [2.75, 3.05) is 5.75 Å². The minimum atomic E-state index is -4.29. The molecule has 258 valence electrons. The van der Waals surface area contributed by atoms with Gasteiger partial charge < -0.3 is 10.4 Å². The molecule has 0 aliphatic carbocycles. The number of aliphatic hydroxyl groups excluding tert-OH is 1. The quantitative estimate of drug-likeness (QED) is 0.0484. The summed E-state index contributed by atoms with van der Waals surface area (Å²) < 4.78 is 32.2. The molecule has 0 aromatic heterocycles. The number of hydrogen-bond acceptors (Lipinski definition) is 4. The average molecular weight is 632 g/mol. The van der Waals surface area contributed by atoms with E-state index >= 15 is 0 Å². The standard InChI is InChI=1S/C36H73NO5S/c1-3-5-7-9-11-12-13-14-15-16-17-18-19-20-21-22-23-24-26-28-30-32-36(39)37-34(33-43(40,41)42)35(38)31-29-27-25-10-8-6-4-2/h34-35,38H,3-33H2,1-2H3,(H,37,39)(H,40,41,42). The molecule has 43 heavy (non-hydrogen) atoms. The first kappa shape index (κ1) is 42.3. The Morgan fingerprint density at radius 1 is 0.535 bits per heavy atom. The predicted octanol–water partition coefficient (Wildman–Crippen LogP) is 10.5. The number of rotatable bonds is 34. The number of carbonyl (C=O) groups is 1. The zero-order chi connectivity index (χ0) is 31.9. The van der Waals surface area contributed by atoms with Gasteiger partial charge in [0.15, 0.2) is 0 Å². The van der Waals surface area contributed by atoms with Gasteiger partial charge in [0.1, 0.15) is 0 Å². The van der Waals surface area contributed by atoms with Gasteiger partial charge >= 0.3 is 0 Å². The van der Waals surface area contributed by atoms with Crippen molar-refractivity contribution in [1.29, 1.82) is 0 Å². The number of aliphatic hydroxyl groups is 1. The van der Waals surface area contributed by atoms with Crippen molar-refractivity contribution < 1.29 is 22.9 Å². The van der Waals surface area contributed by atoms with Crippen molar-refractivity contribution in [3.63, 3.8) is 0 Å². The molecule has 0 radical (unpaired) electrons. The van der Waals surface area contributed by atoms with Crippen molar-refractivity contribution in [2.45, 2.75) is 219 Å². The van der Waals surface area contributed by atoms with Gasteiger partial charge in [-0.1, -0.05) is 187 Å². The number of carbonyl (C=O) groups excluding carboxylic acids is 1. The fourth-order valence-corrected chi connectivity index (χ4v) is 6.74. The molecule has 0 aromatic rings. The molecular weight excluding hydrogens is 558 g/mol. The van der Waals surface area contributed by atoms with Crippen LogP contribution in [0.5, 0.6) is 0 Å². The molecule has 7 heteroatoms. The van der Waals surface area contributed by atoms with Crippen LogP contribution in [0, 0.1) is 0 Å². The Hall–Kier alpha value is -0.660. The number of unbranched alkanes of at least 4 members (excludes halogenated alkanes) is 26. The Bertz CT molecular complexity index is 700. The molecule has 3 N–H and O–H groups in total. The fraction of sp³-hybridized carbons (Fsp3) is 0.972. The third kappa shape index (κ3) is 32.5. The summed E-state index contributed by atoms with van der Waals surface area (Å²) in [4.78, 5) is 12.4. The smallest absolute Gasteiger partial charge is 0.266 e. The molecule has 0 aromatic carbocycles. The molecule has 2 atom stereocenters. The number of amides is 1. The van der Waals surface area contributed by atoms with E-state index in [0.717, 1.165) is 38.5 Å². The van der Waals surface area contributed by atoms with E-state index < -0.39 is 28.0 Å². The maximum Gasteiger partial charge on any atom is 0.266 e. The Labute approximate surface area is 268 Å². The maximum atomic E-state index is 12.4. The van der Waals surface area contributed by atoms with Crippen LogP contribution in [0.15, 0.2) is 0 Å². The summed E-state index contributed by atoms with van der Waals surface area (Å²) >= 11 is 0. The molecule has 0 heterocycles. The van der Waals surface area contributed by atoms with Crippen molar-refractivity contribution in [2.24, 2.45) is 0 Å². The van der Waals surface area contributed by atoms with Crippen LogP contribution in [0.25, 0.3) is 0 Å². The van der Waals surface area contributed by atoms with Gasteiger partial charge in [-0.15, -0.1) is 0 Å². The fourth-order valence-electron chi connectivity index (χ4n) is 5.98. The third-order valence-corrected chi connectivity index (χ3v) is 9.59. The zero-order valence-corrected chi connectivity index (χ0v) is 29.4. The molecule has 6 nitrogen and oxygen atoms in total. The molecule has 0 saturated heterocycles. The topological polar surface area (TPSA) is 104 Å². The molecule has 0 bridgehead atoms. The minimum absolute atomic E-state index is 0.245. The van der Waals surface area contributed by atoms with Gasteiger partial charge in [-0.3, -0.25) is 9.35 Å². The highest BCUT2D eigenvalue weighted by molar-refractivity contribution is 7.85. The van der Waals surface area contributed by atoms with Crippen LogP contribution in [-0.4, -0.2) is 41.9 Å². The lowest BCUT2D eigenvalue weighted by Crippen LogP contribution is -2.47. The van der Waals surface area contributed by atoms with Gasteiger partial charge in [0.25, 0.3) is 10.1 Å². The second-order valence-electron chi connectivity index (χ2n) is 13.2.